The Morgan fingerprint density at radius 2 is 1.78 bits per heavy atom. The SMILES string of the molecule is O=S(=O)(CC1CC1)c1ccc(C(O)c2nc3c(Cl)c(-c4ccccc4OC(F)(F)F)c(Cl)cc3[nH]2)cc1. The van der Waals surface area contributed by atoms with Gasteiger partial charge in [-0.1, -0.05) is 53.5 Å². The first kappa shape index (κ1) is 25.8. The Bertz CT molecular complexity index is 1580. The van der Waals surface area contributed by atoms with E-state index in [0.717, 1.165) is 18.9 Å². The minimum atomic E-state index is -4.92. The average Bonchev–Trinajstić information content (AvgIpc) is 3.53. The van der Waals surface area contributed by atoms with Gasteiger partial charge in [0.1, 0.15) is 23.2 Å². The predicted molar refractivity (Wildman–Crippen MR) is 134 cm³/mol. The molecule has 0 saturated heterocycles. The van der Waals surface area contributed by atoms with Crippen LogP contribution in [0.15, 0.2) is 59.5 Å². The summed E-state index contributed by atoms with van der Waals surface area (Å²) in [4.78, 5) is 7.47. The largest absolute Gasteiger partial charge is 0.573 e. The minimum Gasteiger partial charge on any atom is -0.405 e. The van der Waals surface area contributed by atoms with Gasteiger partial charge in [0.25, 0.3) is 0 Å². The fourth-order valence-electron chi connectivity index (χ4n) is 4.07. The molecule has 12 heteroatoms. The van der Waals surface area contributed by atoms with Crippen molar-refractivity contribution in [3.8, 4) is 16.9 Å². The third-order valence-electron chi connectivity index (χ3n) is 6.04. The number of alkyl halides is 3. The number of H-pyrrole nitrogens is 1. The van der Waals surface area contributed by atoms with Crippen molar-refractivity contribution in [1.29, 1.82) is 0 Å². The number of para-hydroxylation sites is 1. The first-order valence-corrected chi connectivity index (χ1v) is 13.6. The van der Waals surface area contributed by atoms with Crippen molar-refractivity contribution in [3.05, 3.63) is 76.0 Å². The first-order chi connectivity index (χ1) is 17.4. The molecule has 2 N–H and O–H groups in total. The highest BCUT2D eigenvalue weighted by molar-refractivity contribution is 7.91. The topological polar surface area (TPSA) is 92.3 Å². The summed E-state index contributed by atoms with van der Waals surface area (Å²) in [6, 6.07) is 12.8. The lowest BCUT2D eigenvalue weighted by molar-refractivity contribution is -0.274. The molecule has 1 fully saturated rings. The van der Waals surface area contributed by atoms with Gasteiger partial charge in [-0.3, -0.25) is 0 Å². The highest BCUT2D eigenvalue weighted by atomic mass is 35.5. The molecule has 194 valence electrons. The molecule has 1 atom stereocenters. The van der Waals surface area contributed by atoms with Crippen molar-refractivity contribution < 1.29 is 31.4 Å². The first-order valence-electron chi connectivity index (χ1n) is 11.2. The maximum Gasteiger partial charge on any atom is 0.573 e. The second-order valence-electron chi connectivity index (χ2n) is 8.81. The zero-order valence-corrected chi connectivity index (χ0v) is 21.2. The molecule has 1 heterocycles. The van der Waals surface area contributed by atoms with Crippen LogP contribution >= 0.6 is 23.2 Å². The number of benzene rings is 3. The van der Waals surface area contributed by atoms with E-state index >= 15 is 0 Å². The Kier molecular flexibility index (Phi) is 6.64. The van der Waals surface area contributed by atoms with Gasteiger partial charge in [-0.05, 0) is 48.6 Å². The summed E-state index contributed by atoms with van der Waals surface area (Å²) in [5, 5.41) is 10.9. The van der Waals surface area contributed by atoms with Gasteiger partial charge in [0.05, 0.1) is 26.2 Å². The molecule has 0 radical (unpaired) electrons. The van der Waals surface area contributed by atoms with Crippen LogP contribution in [0, 0.1) is 5.92 Å². The highest BCUT2D eigenvalue weighted by Crippen LogP contribution is 2.44. The van der Waals surface area contributed by atoms with E-state index in [9.17, 15) is 26.7 Å². The maximum absolute atomic E-state index is 12.9. The normalized spacial score (nSPS) is 15.2. The van der Waals surface area contributed by atoms with E-state index in [2.05, 4.69) is 14.7 Å². The molecule has 4 aromatic rings. The number of rotatable bonds is 7. The second kappa shape index (κ2) is 9.50. The summed E-state index contributed by atoms with van der Waals surface area (Å²) in [5.74, 6) is -0.0690. The Morgan fingerprint density at radius 3 is 2.43 bits per heavy atom. The van der Waals surface area contributed by atoms with Gasteiger partial charge in [0, 0.05) is 11.1 Å². The van der Waals surface area contributed by atoms with E-state index in [0.29, 0.717) is 11.1 Å². The number of fused-ring (bicyclic) bond motifs is 1. The fraction of sp³-hybridized carbons (Fsp3) is 0.240. The number of sulfone groups is 1. The number of imidazole rings is 1. The van der Waals surface area contributed by atoms with Crippen LogP contribution in [0.25, 0.3) is 22.2 Å². The summed E-state index contributed by atoms with van der Waals surface area (Å²) in [6.45, 7) is 0. The van der Waals surface area contributed by atoms with E-state index in [1.165, 1.54) is 48.5 Å². The molecule has 3 aromatic carbocycles. The molecular formula is C25H19Cl2F3N2O4S. The maximum atomic E-state index is 12.9. The van der Waals surface area contributed by atoms with Crippen LogP contribution < -0.4 is 4.74 Å². The minimum absolute atomic E-state index is 0.0184. The van der Waals surface area contributed by atoms with Crippen LogP contribution in [0.3, 0.4) is 0 Å². The van der Waals surface area contributed by atoms with Crippen molar-refractivity contribution in [1.82, 2.24) is 9.97 Å². The molecule has 1 aliphatic carbocycles. The number of nitrogens with zero attached hydrogens (tertiary/aromatic N) is 1. The molecule has 0 spiro atoms. The van der Waals surface area contributed by atoms with Gasteiger partial charge in [-0.15, -0.1) is 13.2 Å². The van der Waals surface area contributed by atoms with Crippen molar-refractivity contribution in [2.24, 2.45) is 5.92 Å². The van der Waals surface area contributed by atoms with Crippen LogP contribution in [0.2, 0.25) is 10.0 Å². The zero-order chi connectivity index (χ0) is 26.5. The van der Waals surface area contributed by atoms with Crippen molar-refractivity contribution in [2.75, 3.05) is 5.75 Å². The van der Waals surface area contributed by atoms with E-state index < -0.39 is 28.1 Å². The number of aliphatic hydroxyl groups is 1. The number of hydrogen-bond acceptors (Lipinski definition) is 5. The molecule has 6 nitrogen and oxygen atoms in total. The zero-order valence-electron chi connectivity index (χ0n) is 18.9. The van der Waals surface area contributed by atoms with E-state index in [-0.39, 0.29) is 49.1 Å². The molecule has 0 amide bonds. The Morgan fingerprint density at radius 1 is 1.11 bits per heavy atom. The lowest BCUT2D eigenvalue weighted by atomic mass is 10.0. The Balaban J connectivity index is 1.49. The Labute approximate surface area is 219 Å². The molecule has 0 aliphatic heterocycles. The van der Waals surface area contributed by atoms with Gasteiger partial charge in [0.15, 0.2) is 9.84 Å². The van der Waals surface area contributed by atoms with E-state index in [1.807, 2.05) is 0 Å². The van der Waals surface area contributed by atoms with Crippen LogP contribution in [-0.2, 0) is 9.84 Å². The van der Waals surface area contributed by atoms with Crippen LogP contribution in [-0.4, -0.2) is 35.6 Å². The Hall–Kier alpha value is -2.79. The number of halogens is 5. The van der Waals surface area contributed by atoms with Crippen LogP contribution in [0.4, 0.5) is 13.2 Å². The highest BCUT2D eigenvalue weighted by Gasteiger charge is 2.33. The third-order valence-corrected chi connectivity index (χ3v) is 8.60. The van der Waals surface area contributed by atoms with Crippen molar-refractivity contribution in [2.45, 2.75) is 30.2 Å². The lowest BCUT2D eigenvalue weighted by Gasteiger charge is -2.15. The van der Waals surface area contributed by atoms with Crippen molar-refractivity contribution in [3.63, 3.8) is 0 Å². The van der Waals surface area contributed by atoms with Gasteiger partial charge < -0.3 is 14.8 Å². The number of aromatic amines is 1. The van der Waals surface area contributed by atoms with Crippen molar-refractivity contribution >= 4 is 44.1 Å². The molecular weight excluding hydrogens is 552 g/mol. The summed E-state index contributed by atoms with van der Waals surface area (Å²) in [6.07, 6.45) is -4.35. The van der Waals surface area contributed by atoms with Gasteiger partial charge >= 0.3 is 6.36 Å². The number of hydrogen-bond donors (Lipinski definition) is 2. The van der Waals surface area contributed by atoms with Crippen LogP contribution in [0.5, 0.6) is 5.75 Å². The number of ether oxygens (including phenoxy) is 1. The van der Waals surface area contributed by atoms with Gasteiger partial charge in [0.2, 0.25) is 0 Å². The average molecular weight is 571 g/mol. The van der Waals surface area contributed by atoms with Crippen LogP contribution in [0.1, 0.15) is 30.3 Å². The number of nitrogens with one attached hydrogen (secondary N) is 1. The molecule has 1 unspecified atom stereocenters. The number of aliphatic hydroxyl groups excluding tert-OH is 1. The quantitative estimate of drug-likeness (QED) is 0.258. The van der Waals surface area contributed by atoms with Gasteiger partial charge in [-0.2, -0.15) is 0 Å². The molecule has 1 aromatic heterocycles. The summed E-state index contributed by atoms with van der Waals surface area (Å²) in [7, 11) is -3.40. The lowest BCUT2D eigenvalue weighted by Crippen LogP contribution is -2.17. The molecule has 5 rings (SSSR count). The summed E-state index contributed by atoms with van der Waals surface area (Å²) < 4.78 is 67.9. The second-order valence-corrected chi connectivity index (χ2v) is 11.6. The van der Waals surface area contributed by atoms with E-state index in [4.69, 9.17) is 23.2 Å². The summed E-state index contributed by atoms with van der Waals surface area (Å²) >= 11 is 13.0. The monoisotopic (exact) mass is 570 g/mol. The van der Waals surface area contributed by atoms with E-state index in [1.54, 1.807) is 0 Å². The fourth-order valence-corrected chi connectivity index (χ4v) is 6.47. The number of aromatic nitrogens is 2. The summed E-state index contributed by atoms with van der Waals surface area (Å²) in [5.41, 5.74) is 1.03. The smallest absolute Gasteiger partial charge is 0.405 e. The predicted octanol–water partition coefficient (Wildman–Crippen LogP) is 6.70. The standard InChI is InChI=1S/C25H19Cl2F3N2O4S/c26-17-11-18-22(21(27)20(17)16-3-1-2-4-19(16)36-25(28,29)30)32-24(31-18)23(33)14-7-9-15(10-8-14)37(34,35)12-13-5-6-13/h1-4,7-11,13,23,33H,5-6,12H2,(H,31,32). The molecule has 1 saturated carbocycles. The molecule has 1 aliphatic rings. The molecule has 0 bridgehead atoms. The van der Waals surface area contributed by atoms with Gasteiger partial charge in [-0.25, -0.2) is 13.4 Å². The molecule has 37 heavy (non-hydrogen) atoms. The third kappa shape index (κ3) is 5.43.